The second kappa shape index (κ2) is 9.26. The molecule has 3 aromatic rings. The Kier molecular flexibility index (Phi) is 6.72. The maximum atomic E-state index is 14.4. The van der Waals surface area contributed by atoms with Crippen LogP contribution in [-0.2, 0) is 16.6 Å². The summed E-state index contributed by atoms with van der Waals surface area (Å²) < 4.78 is 26.7. The van der Waals surface area contributed by atoms with Crippen LogP contribution in [0.5, 0.6) is 0 Å². The predicted molar refractivity (Wildman–Crippen MR) is 116 cm³/mol. The van der Waals surface area contributed by atoms with Gasteiger partial charge in [0.15, 0.2) is 17.0 Å². The number of fused-ring (bicyclic) bond motifs is 1. The minimum Gasteiger partial charge on any atom is -0.499 e. The van der Waals surface area contributed by atoms with Gasteiger partial charge in [-0.05, 0) is 40.8 Å². The van der Waals surface area contributed by atoms with Gasteiger partial charge >= 0.3 is 0 Å². The lowest BCUT2D eigenvalue weighted by molar-refractivity contribution is 0.0145. The summed E-state index contributed by atoms with van der Waals surface area (Å²) in [5.74, 6) is -1.03. The first kappa shape index (κ1) is 21.8. The van der Waals surface area contributed by atoms with Crippen LogP contribution < -0.4 is 16.4 Å². The van der Waals surface area contributed by atoms with Gasteiger partial charge in [0.1, 0.15) is 30.4 Å². The van der Waals surface area contributed by atoms with E-state index < -0.39 is 17.3 Å². The maximum Gasteiger partial charge on any atom is 0.282 e. The van der Waals surface area contributed by atoms with Crippen molar-refractivity contribution < 1.29 is 23.2 Å². The number of ether oxygens (including phenoxy) is 1. The number of nitrogens with zero attached hydrogens (tertiary/aromatic N) is 2. The van der Waals surface area contributed by atoms with Crippen molar-refractivity contribution in [2.45, 2.75) is 6.92 Å². The van der Waals surface area contributed by atoms with E-state index in [-0.39, 0.29) is 47.3 Å². The van der Waals surface area contributed by atoms with E-state index in [2.05, 4.69) is 22.4 Å². The number of aryl methyl sites for hydroxylation is 1. The van der Waals surface area contributed by atoms with E-state index in [9.17, 15) is 14.0 Å². The zero-order valence-electron chi connectivity index (χ0n) is 16.1. The molecule has 9 nitrogen and oxygen atoms in total. The molecule has 0 saturated carbocycles. The number of pyridine rings is 1. The van der Waals surface area contributed by atoms with Gasteiger partial charge in [-0.25, -0.2) is 14.9 Å². The Morgan fingerprint density at radius 2 is 2.20 bits per heavy atom. The Morgan fingerprint density at radius 3 is 2.90 bits per heavy atom. The van der Waals surface area contributed by atoms with E-state index >= 15 is 0 Å². The van der Waals surface area contributed by atoms with Gasteiger partial charge < -0.3 is 14.5 Å². The summed E-state index contributed by atoms with van der Waals surface area (Å²) in [6, 6.07) is 4.51. The Bertz CT molecular complexity index is 1170. The highest BCUT2D eigenvalue weighted by atomic mass is 127. The average molecular weight is 528 g/mol. The van der Waals surface area contributed by atoms with Crippen molar-refractivity contribution in [1.82, 2.24) is 15.0 Å². The minimum atomic E-state index is -0.709. The summed E-state index contributed by atoms with van der Waals surface area (Å²) in [6.45, 7) is 5.18. The first-order valence-corrected chi connectivity index (χ1v) is 9.78. The van der Waals surface area contributed by atoms with Crippen LogP contribution >= 0.6 is 22.6 Å². The first-order valence-electron chi connectivity index (χ1n) is 8.70. The number of carbonyl (C=O) groups is 1. The van der Waals surface area contributed by atoms with Crippen LogP contribution in [0.4, 0.5) is 15.9 Å². The summed E-state index contributed by atoms with van der Waals surface area (Å²) in [6.07, 6.45) is 1.25. The molecule has 158 valence electrons. The molecule has 11 heteroatoms. The van der Waals surface area contributed by atoms with E-state index in [1.54, 1.807) is 13.0 Å². The molecule has 2 aromatic heterocycles. The molecule has 0 saturated heterocycles. The van der Waals surface area contributed by atoms with Gasteiger partial charge in [0, 0.05) is 17.5 Å². The fourth-order valence-electron chi connectivity index (χ4n) is 2.69. The standard InChI is InChI=1S/C19H18FIN4O5/c1-4-28-7-8-29-24-18(26)14-16-15(22-10(2)30-16)19(27)25(3)17(14)23-13-6-5-11(21)9-12(13)20/h4-6,9,23H,1,7-8H2,2-3H3,(H,24,26). The number of oxazole rings is 1. The highest BCUT2D eigenvalue weighted by Crippen LogP contribution is 2.28. The molecule has 0 aliphatic rings. The van der Waals surface area contributed by atoms with Crippen LogP contribution in [-0.4, -0.2) is 28.7 Å². The number of rotatable bonds is 8. The molecule has 2 N–H and O–H groups in total. The molecule has 0 spiro atoms. The number of nitrogens with one attached hydrogen (secondary N) is 2. The molecular weight excluding hydrogens is 510 g/mol. The van der Waals surface area contributed by atoms with Crippen molar-refractivity contribution >= 4 is 51.1 Å². The molecule has 1 amide bonds. The van der Waals surface area contributed by atoms with E-state index in [4.69, 9.17) is 14.0 Å². The molecule has 0 bridgehead atoms. The van der Waals surface area contributed by atoms with Gasteiger partial charge in [0.25, 0.3) is 11.5 Å². The van der Waals surface area contributed by atoms with E-state index in [1.807, 2.05) is 22.6 Å². The van der Waals surface area contributed by atoms with Gasteiger partial charge in [0.05, 0.1) is 11.9 Å². The molecule has 0 aliphatic heterocycles. The van der Waals surface area contributed by atoms with Crippen LogP contribution in [0.3, 0.4) is 0 Å². The fraction of sp³-hybridized carbons (Fsp3) is 0.211. The lowest BCUT2D eigenvalue weighted by Crippen LogP contribution is -2.30. The highest BCUT2D eigenvalue weighted by molar-refractivity contribution is 14.1. The molecule has 0 atom stereocenters. The zero-order valence-corrected chi connectivity index (χ0v) is 18.3. The van der Waals surface area contributed by atoms with Crippen LogP contribution in [0.2, 0.25) is 0 Å². The molecule has 0 aliphatic carbocycles. The molecule has 0 unspecified atom stereocenters. The quantitative estimate of drug-likeness (QED) is 0.200. The topological polar surface area (TPSA) is 108 Å². The molecular formula is C19H18FIN4O5. The SMILES string of the molecule is C=COCCONC(=O)c1c(Nc2ccc(I)cc2F)n(C)c(=O)c2nc(C)oc12. The molecule has 1 aromatic carbocycles. The summed E-state index contributed by atoms with van der Waals surface area (Å²) in [7, 11) is 1.44. The maximum absolute atomic E-state index is 14.4. The van der Waals surface area contributed by atoms with Crippen molar-refractivity contribution in [3.8, 4) is 0 Å². The van der Waals surface area contributed by atoms with Crippen LogP contribution in [0, 0.1) is 16.3 Å². The third kappa shape index (κ3) is 4.46. The number of anilines is 2. The second-order valence-electron chi connectivity index (χ2n) is 6.06. The number of hydroxylamine groups is 1. The molecule has 2 heterocycles. The van der Waals surface area contributed by atoms with Crippen molar-refractivity contribution in [3.63, 3.8) is 0 Å². The number of carbonyl (C=O) groups excluding carboxylic acids is 1. The third-order valence-corrected chi connectivity index (χ3v) is 4.71. The lowest BCUT2D eigenvalue weighted by Gasteiger charge is -2.16. The summed E-state index contributed by atoms with van der Waals surface area (Å²) >= 11 is 1.98. The molecule has 0 radical (unpaired) electrons. The van der Waals surface area contributed by atoms with E-state index in [0.717, 1.165) is 4.57 Å². The molecule has 0 fully saturated rings. The second-order valence-corrected chi connectivity index (χ2v) is 7.31. The van der Waals surface area contributed by atoms with Crippen molar-refractivity contribution in [3.05, 3.63) is 62.2 Å². The highest BCUT2D eigenvalue weighted by Gasteiger charge is 2.26. The van der Waals surface area contributed by atoms with Gasteiger partial charge in [-0.1, -0.05) is 6.58 Å². The van der Waals surface area contributed by atoms with E-state index in [0.29, 0.717) is 3.57 Å². The molecule has 3 rings (SSSR count). The molecule has 30 heavy (non-hydrogen) atoms. The summed E-state index contributed by atoms with van der Waals surface area (Å²) in [5, 5.41) is 2.81. The normalized spacial score (nSPS) is 10.8. The van der Waals surface area contributed by atoms with Crippen molar-refractivity contribution in [1.29, 1.82) is 0 Å². The zero-order chi connectivity index (χ0) is 21.8. The third-order valence-electron chi connectivity index (χ3n) is 4.04. The Hall–Kier alpha value is -2.93. The van der Waals surface area contributed by atoms with Gasteiger partial charge in [0.2, 0.25) is 0 Å². The largest absolute Gasteiger partial charge is 0.499 e. The van der Waals surface area contributed by atoms with Gasteiger partial charge in [-0.2, -0.15) is 0 Å². The number of aromatic nitrogens is 2. The van der Waals surface area contributed by atoms with E-state index in [1.165, 1.54) is 25.4 Å². The number of hydrogen-bond donors (Lipinski definition) is 2. The summed E-state index contributed by atoms with van der Waals surface area (Å²) in [4.78, 5) is 34.8. The first-order chi connectivity index (χ1) is 14.3. The monoisotopic (exact) mass is 528 g/mol. The number of amides is 1. The number of hydrogen-bond acceptors (Lipinski definition) is 7. The van der Waals surface area contributed by atoms with Crippen LogP contribution in [0.25, 0.3) is 11.1 Å². The Labute approximate surface area is 184 Å². The van der Waals surface area contributed by atoms with Crippen molar-refractivity contribution in [2.24, 2.45) is 7.05 Å². The van der Waals surface area contributed by atoms with Crippen molar-refractivity contribution in [2.75, 3.05) is 18.5 Å². The lowest BCUT2D eigenvalue weighted by atomic mass is 10.2. The predicted octanol–water partition coefficient (Wildman–Crippen LogP) is 3.14. The number of benzene rings is 1. The summed E-state index contributed by atoms with van der Waals surface area (Å²) in [5.41, 5.74) is 1.72. The Balaban J connectivity index is 2.06. The number of halogens is 2. The minimum absolute atomic E-state index is 0.0206. The smallest absolute Gasteiger partial charge is 0.282 e. The van der Waals surface area contributed by atoms with Crippen LogP contribution in [0.1, 0.15) is 16.2 Å². The van der Waals surface area contributed by atoms with Gasteiger partial charge in [-0.15, -0.1) is 0 Å². The van der Waals surface area contributed by atoms with Gasteiger partial charge in [-0.3, -0.25) is 19.0 Å². The average Bonchev–Trinajstić information content (AvgIpc) is 3.09. The fourth-order valence-corrected chi connectivity index (χ4v) is 3.15. The van der Waals surface area contributed by atoms with Crippen LogP contribution in [0.15, 0.2) is 40.3 Å². The Morgan fingerprint density at radius 1 is 1.43 bits per heavy atom.